The minimum absolute atomic E-state index is 0.126. The molecule has 0 radical (unpaired) electrons. The van der Waals surface area contributed by atoms with Crippen molar-refractivity contribution in [2.45, 2.75) is 25.4 Å². The molecule has 0 saturated carbocycles. The standard InChI is InChI=1S/C14H19Cl2N5O/c1-9-6-12(19-18-9)14(22)21-4-2-20(3-5-21)13-11(16)7-10(15)8-17-13/h7-9,12,18-19H,2-6H2,1H3. The van der Waals surface area contributed by atoms with E-state index in [0.29, 0.717) is 29.2 Å². The van der Waals surface area contributed by atoms with Crippen LogP contribution in [0.2, 0.25) is 10.0 Å². The van der Waals surface area contributed by atoms with Crippen LogP contribution < -0.4 is 15.8 Å². The first kappa shape index (κ1) is 15.8. The molecule has 120 valence electrons. The van der Waals surface area contributed by atoms with E-state index in [1.165, 1.54) is 0 Å². The van der Waals surface area contributed by atoms with E-state index in [-0.39, 0.29) is 11.9 Å². The molecule has 2 aliphatic rings. The van der Waals surface area contributed by atoms with E-state index in [1.807, 2.05) is 4.90 Å². The number of halogens is 2. The van der Waals surface area contributed by atoms with Crippen LogP contribution in [0.4, 0.5) is 5.82 Å². The average molecular weight is 344 g/mol. The van der Waals surface area contributed by atoms with Crippen molar-refractivity contribution in [3.05, 3.63) is 22.3 Å². The minimum atomic E-state index is -0.126. The molecular formula is C14H19Cl2N5O. The second-order valence-corrected chi connectivity index (χ2v) is 6.59. The van der Waals surface area contributed by atoms with Gasteiger partial charge >= 0.3 is 0 Å². The Morgan fingerprint density at radius 3 is 2.59 bits per heavy atom. The van der Waals surface area contributed by atoms with Gasteiger partial charge in [0, 0.05) is 38.4 Å². The number of carbonyl (C=O) groups excluding carboxylic acids is 1. The summed E-state index contributed by atoms with van der Waals surface area (Å²) in [6.07, 6.45) is 2.42. The third-order valence-corrected chi connectivity index (χ3v) is 4.56. The summed E-state index contributed by atoms with van der Waals surface area (Å²) in [5.41, 5.74) is 6.15. The van der Waals surface area contributed by atoms with Crippen molar-refractivity contribution in [1.29, 1.82) is 0 Å². The van der Waals surface area contributed by atoms with Crippen LogP contribution in [0.3, 0.4) is 0 Å². The van der Waals surface area contributed by atoms with Crippen LogP contribution in [0.5, 0.6) is 0 Å². The maximum Gasteiger partial charge on any atom is 0.241 e. The third kappa shape index (κ3) is 3.30. The number of hydrogen-bond acceptors (Lipinski definition) is 5. The summed E-state index contributed by atoms with van der Waals surface area (Å²) in [7, 11) is 0. The molecule has 1 aromatic heterocycles. The van der Waals surface area contributed by atoms with Gasteiger partial charge in [-0.1, -0.05) is 23.2 Å². The van der Waals surface area contributed by atoms with E-state index in [9.17, 15) is 4.79 Å². The second kappa shape index (κ2) is 6.58. The number of hydrogen-bond donors (Lipinski definition) is 2. The fourth-order valence-corrected chi connectivity index (χ4v) is 3.38. The predicted octanol–water partition coefficient (Wildman–Crippen LogP) is 1.29. The number of aromatic nitrogens is 1. The Hall–Kier alpha value is -1.08. The van der Waals surface area contributed by atoms with Crippen molar-refractivity contribution in [2.24, 2.45) is 0 Å². The molecule has 0 aromatic carbocycles. The molecule has 1 aromatic rings. The molecule has 6 nitrogen and oxygen atoms in total. The van der Waals surface area contributed by atoms with Crippen LogP contribution in [0.15, 0.2) is 12.3 Å². The Bertz CT molecular complexity index is 562. The van der Waals surface area contributed by atoms with Crippen LogP contribution in [-0.4, -0.2) is 54.1 Å². The molecule has 0 aliphatic carbocycles. The fourth-order valence-electron chi connectivity index (χ4n) is 2.88. The quantitative estimate of drug-likeness (QED) is 0.847. The molecule has 2 atom stereocenters. The fraction of sp³-hybridized carbons (Fsp3) is 0.571. The number of pyridine rings is 1. The minimum Gasteiger partial charge on any atom is -0.352 e. The van der Waals surface area contributed by atoms with Gasteiger partial charge in [-0.2, -0.15) is 0 Å². The molecule has 2 aliphatic heterocycles. The molecule has 3 rings (SSSR count). The lowest BCUT2D eigenvalue weighted by Crippen LogP contribution is -2.54. The van der Waals surface area contributed by atoms with E-state index < -0.39 is 0 Å². The van der Waals surface area contributed by atoms with Crippen molar-refractivity contribution < 1.29 is 4.79 Å². The SMILES string of the molecule is CC1CC(C(=O)N2CCN(c3ncc(Cl)cc3Cl)CC2)NN1. The Kier molecular flexibility index (Phi) is 4.73. The van der Waals surface area contributed by atoms with Crippen molar-refractivity contribution in [1.82, 2.24) is 20.7 Å². The molecule has 0 spiro atoms. The zero-order chi connectivity index (χ0) is 15.7. The first-order valence-corrected chi connectivity index (χ1v) is 8.16. The number of nitrogens with zero attached hydrogens (tertiary/aromatic N) is 3. The summed E-state index contributed by atoms with van der Waals surface area (Å²) < 4.78 is 0. The normalized spacial score (nSPS) is 25.6. The summed E-state index contributed by atoms with van der Waals surface area (Å²) >= 11 is 12.1. The molecule has 8 heteroatoms. The highest BCUT2D eigenvalue weighted by atomic mass is 35.5. The van der Waals surface area contributed by atoms with Crippen molar-refractivity contribution >= 4 is 34.9 Å². The van der Waals surface area contributed by atoms with E-state index in [0.717, 1.165) is 25.3 Å². The summed E-state index contributed by atoms with van der Waals surface area (Å²) in [6.45, 7) is 4.84. The number of amides is 1. The van der Waals surface area contributed by atoms with Crippen molar-refractivity contribution in [3.8, 4) is 0 Å². The largest absolute Gasteiger partial charge is 0.352 e. The summed E-state index contributed by atoms with van der Waals surface area (Å²) in [6, 6.07) is 1.89. The van der Waals surface area contributed by atoms with Gasteiger partial charge in [0.15, 0.2) is 0 Å². The van der Waals surface area contributed by atoms with Crippen molar-refractivity contribution in [2.75, 3.05) is 31.1 Å². The van der Waals surface area contributed by atoms with Crippen molar-refractivity contribution in [3.63, 3.8) is 0 Å². The van der Waals surface area contributed by atoms with Gasteiger partial charge in [-0.15, -0.1) is 0 Å². The molecule has 2 unspecified atom stereocenters. The van der Waals surface area contributed by atoms with Gasteiger partial charge in [-0.05, 0) is 19.4 Å². The van der Waals surface area contributed by atoms with Gasteiger partial charge in [0.2, 0.25) is 5.91 Å². The summed E-state index contributed by atoms with van der Waals surface area (Å²) in [5, 5.41) is 1.07. The topological polar surface area (TPSA) is 60.5 Å². The monoisotopic (exact) mass is 343 g/mol. The molecule has 2 saturated heterocycles. The third-order valence-electron chi connectivity index (χ3n) is 4.07. The molecular weight excluding hydrogens is 325 g/mol. The maximum absolute atomic E-state index is 12.4. The predicted molar refractivity (Wildman–Crippen MR) is 87.2 cm³/mol. The Morgan fingerprint density at radius 1 is 1.27 bits per heavy atom. The molecule has 0 bridgehead atoms. The number of rotatable bonds is 2. The van der Waals surface area contributed by atoms with Gasteiger partial charge in [-0.3, -0.25) is 10.2 Å². The lowest BCUT2D eigenvalue weighted by Gasteiger charge is -2.36. The molecule has 22 heavy (non-hydrogen) atoms. The summed E-state index contributed by atoms with van der Waals surface area (Å²) in [4.78, 5) is 20.7. The average Bonchev–Trinajstić information content (AvgIpc) is 2.93. The lowest BCUT2D eigenvalue weighted by atomic mass is 10.1. The number of piperazine rings is 1. The van der Waals surface area contributed by atoms with Crippen LogP contribution >= 0.6 is 23.2 Å². The van der Waals surface area contributed by atoms with Crippen LogP contribution in [-0.2, 0) is 4.79 Å². The first-order chi connectivity index (χ1) is 10.5. The van der Waals surface area contributed by atoms with Gasteiger partial charge in [0.05, 0.1) is 10.0 Å². The van der Waals surface area contributed by atoms with E-state index in [1.54, 1.807) is 12.3 Å². The van der Waals surface area contributed by atoms with E-state index in [2.05, 4.69) is 27.7 Å². The Balaban J connectivity index is 1.59. The van der Waals surface area contributed by atoms with Crippen LogP contribution in [0, 0.1) is 0 Å². The Labute approximate surface area is 139 Å². The summed E-state index contributed by atoms with van der Waals surface area (Å²) in [5.74, 6) is 0.888. The molecule has 2 N–H and O–H groups in total. The molecule has 3 heterocycles. The number of nitrogens with one attached hydrogen (secondary N) is 2. The lowest BCUT2D eigenvalue weighted by molar-refractivity contribution is -0.133. The van der Waals surface area contributed by atoms with Gasteiger partial charge in [-0.25, -0.2) is 10.4 Å². The van der Waals surface area contributed by atoms with E-state index in [4.69, 9.17) is 23.2 Å². The van der Waals surface area contributed by atoms with Crippen LogP contribution in [0.1, 0.15) is 13.3 Å². The zero-order valence-corrected chi connectivity index (χ0v) is 13.9. The zero-order valence-electron chi connectivity index (χ0n) is 12.4. The first-order valence-electron chi connectivity index (χ1n) is 7.40. The molecule has 1 amide bonds. The second-order valence-electron chi connectivity index (χ2n) is 5.75. The maximum atomic E-state index is 12.4. The van der Waals surface area contributed by atoms with Gasteiger partial charge in [0.1, 0.15) is 11.9 Å². The van der Waals surface area contributed by atoms with Gasteiger partial charge < -0.3 is 9.80 Å². The number of carbonyl (C=O) groups is 1. The molecule has 2 fully saturated rings. The van der Waals surface area contributed by atoms with E-state index >= 15 is 0 Å². The highest BCUT2D eigenvalue weighted by Gasteiger charge is 2.32. The Morgan fingerprint density at radius 2 is 2.00 bits per heavy atom. The number of anilines is 1. The highest BCUT2D eigenvalue weighted by molar-refractivity contribution is 6.36. The van der Waals surface area contributed by atoms with Gasteiger partial charge in [0.25, 0.3) is 0 Å². The number of hydrazine groups is 1. The highest BCUT2D eigenvalue weighted by Crippen LogP contribution is 2.26. The van der Waals surface area contributed by atoms with Crippen LogP contribution in [0.25, 0.3) is 0 Å². The smallest absolute Gasteiger partial charge is 0.241 e.